The summed E-state index contributed by atoms with van der Waals surface area (Å²) in [7, 11) is 0. The smallest absolute Gasteiger partial charge is 0.121 e. The lowest BCUT2D eigenvalue weighted by Crippen LogP contribution is -2.47. The molecule has 30 heavy (non-hydrogen) atoms. The Labute approximate surface area is 182 Å². The van der Waals surface area contributed by atoms with Gasteiger partial charge in [0.15, 0.2) is 0 Å². The van der Waals surface area contributed by atoms with E-state index in [0.29, 0.717) is 58.1 Å². The minimum absolute atomic E-state index is 0.331. The molecule has 0 aromatic carbocycles. The summed E-state index contributed by atoms with van der Waals surface area (Å²) < 4.78 is 21.7. The van der Waals surface area contributed by atoms with Crippen molar-refractivity contribution in [3.8, 4) is 12.3 Å². The van der Waals surface area contributed by atoms with Crippen LogP contribution in [0.25, 0.3) is 0 Å². The Hall–Kier alpha value is -1.01. The number of piperidine rings is 2. The van der Waals surface area contributed by atoms with Crippen molar-refractivity contribution in [3.63, 3.8) is 0 Å². The fourth-order valence-electron chi connectivity index (χ4n) is 4.22. The summed E-state index contributed by atoms with van der Waals surface area (Å²) in [5.74, 6) is 2.41. The van der Waals surface area contributed by atoms with E-state index >= 15 is 0 Å². The summed E-state index contributed by atoms with van der Waals surface area (Å²) in [4.78, 5) is 15.5. The molecule has 2 fully saturated rings. The highest BCUT2D eigenvalue weighted by Gasteiger charge is 2.37. The van der Waals surface area contributed by atoms with E-state index in [0.717, 1.165) is 39.1 Å². The molecule has 2 saturated heterocycles. The maximum absolute atomic E-state index is 10.6. The number of hydrogen-bond donors (Lipinski definition) is 0. The van der Waals surface area contributed by atoms with E-state index in [2.05, 4.69) is 15.7 Å². The van der Waals surface area contributed by atoms with Gasteiger partial charge in [0.25, 0.3) is 0 Å². The van der Waals surface area contributed by atoms with Crippen LogP contribution in [0, 0.1) is 17.8 Å². The number of rotatable bonds is 16. The zero-order valence-electron chi connectivity index (χ0n) is 18.5. The summed E-state index contributed by atoms with van der Waals surface area (Å²) in [6, 6.07) is 0. The van der Waals surface area contributed by atoms with E-state index in [-0.39, 0.29) is 0 Å². The summed E-state index contributed by atoms with van der Waals surface area (Å²) in [6.45, 7) is 11.1. The van der Waals surface area contributed by atoms with Gasteiger partial charge in [0, 0.05) is 19.5 Å². The molecule has 7 heteroatoms. The lowest BCUT2D eigenvalue weighted by Gasteiger charge is -2.47. The van der Waals surface area contributed by atoms with Crippen LogP contribution in [-0.4, -0.2) is 108 Å². The second-order valence-electron chi connectivity index (χ2n) is 8.23. The molecule has 0 aliphatic carbocycles. The van der Waals surface area contributed by atoms with Crippen LogP contribution >= 0.6 is 0 Å². The van der Waals surface area contributed by atoms with Gasteiger partial charge in [-0.25, -0.2) is 0 Å². The number of carbonyl (C=O) groups excluding carboxylic acids is 1. The van der Waals surface area contributed by atoms with Crippen molar-refractivity contribution >= 4 is 6.29 Å². The number of carbonyl (C=O) groups is 1. The molecule has 7 nitrogen and oxygen atoms in total. The second-order valence-corrected chi connectivity index (χ2v) is 8.23. The molecule has 1 spiro atoms. The summed E-state index contributed by atoms with van der Waals surface area (Å²) in [5.41, 5.74) is 0.540. The SMILES string of the molecule is C#CCOCCOCCOCCOCCN1CCC2(CCN(CCC=O)CC2)CC1. The lowest BCUT2D eigenvalue weighted by molar-refractivity contribution is -0.108. The van der Waals surface area contributed by atoms with E-state index < -0.39 is 0 Å². The zero-order chi connectivity index (χ0) is 21.3. The number of nitrogens with zero attached hydrogens (tertiary/aromatic N) is 2. The van der Waals surface area contributed by atoms with Gasteiger partial charge in [-0.05, 0) is 57.3 Å². The summed E-state index contributed by atoms with van der Waals surface area (Å²) in [5, 5.41) is 0. The lowest BCUT2D eigenvalue weighted by atomic mass is 9.71. The third kappa shape index (κ3) is 10.3. The van der Waals surface area contributed by atoms with Crippen LogP contribution in [0.3, 0.4) is 0 Å². The van der Waals surface area contributed by atoms with Crippen LogP contribution in [-0.2, 0) is 23.7 Å². The first kappa shape index (κ1) is 25.3. The molecule has 0 atom stereocenters. The first-order valence-corrected chi connectivity index (χ1v) is 11.4. The number of hydrogen-bond acceptors (Lipinski definition) is 7. The maximum Gasteiger partial charge on any atom is 0.121 e. The average Bonchev–Trinajstić information content (AvgIpc) is 2.78. The van der Waals surface area contributed by atoms with Crippen molar-refractivity contribution in [3.05, 3.63) is 0 Å². The normalized spacial score (nSPS) is 19.7. The van der Waals surface area contributed by atoms with Gasteiger partial charge >= 0.3 is 0 Å². The Kier molecular flexibility index (Phi) is 13.3. The molecule has 0 radical (unpaired) electrons. The van der Waals surface area contributed by atoms with E-state index in [9.17, 15) is 4.79 Å². The number of terminal acetylenes is 1. The Morgan fingerprint density at radius 2 is 1.20 bits per heavy atom. The third-order valence-corrected chi connectivity index (χ3v) is 6.25. The molecular formula is C23H40N2O5. The first-order valence-electron chi connectivity index (χ1n) is 11.4. The van der Waals surface area contributed by atoms with Crippen LogP contribution in [0.5, 0.6) is 0 Å². The molecule has 0 amide bonds. The molecule has 172 valence electrons. The highest BCUT2D eigenvalue weighted by molar-refractivity contribution is 5.49. The van der Waals surface area contributed by atoms with Gasteiger partial charge < -0.3 is 33.5 Å². The molecule has 0 saturated carbocycles. The highest BCUT2D eigenvalue weighted by Crippen LogP contribution is 2.41. The van der Waals surface area contributed by atoms with Crippen LogP contribution in [0.4, 0.5) is 0 Å². The number of aldehydes is 1. The van der Waals surface area contributed by atoms with Crippen LogP contribution in [0.1, 0.15) is 32.1 Å². The second kappa shape index (κ2) is 15.7. The molecule has 2 rings (SSSR count). The van der Waals surface area contributed by atoms with Crippen molar-refractivity contribution in [1.29, 1.82) is 0 Å². The van der Waals surface area contributed by atoms with Gasteiger partial charge in [-0.3, -0.25) is 0 Å². The van der Waals surface area contributed by atoms with Crippen molar-refractivity contribution in [2.45, 2.75) is 32.1 Å². The fourth-order valence-corrected chi connectivity index (χ4v) is 4.22. The third-order valence-electron chi connectivity index (χ3n) is 6.25. The topological polar surface area (TPSA) is 60.5 Å². The van der Waals surface area contributed by atoms with Gasteiger partial charge in [0.2, 0.25) is 0 Å². The molecular weight excluding hydrogens is 384 g/mol. The van der Waals surface area contributed by atoms with Gasteiger partial charge in [-0.15, -0.1) is 6.42 Å². The first-order chi connectivity index (χ1) is 14.8. The summed E-state index contributed by atoms with van der Waals surface area (Å²) in [6.07, 6.45) is 12.0. The van der Waals surface area contributed by atoms with E-state index in [4.69, 9.17) is 25.4 Å². The van der Waals surface area contributed by atoms with Crippen LogP contribution in [0.15, 0.2) is 0 Å². The van der Waals surface area contributed by atoms with Gasteiger partial charge in [0.1, 0.15) is 12.9 Å². The van der Waals surface area contributed by atoms with Crippen molar-refractivity contribution in [2.75, 3.05) is 92.1 Å². The van der Waals surface area contributed by atoms with E-state index in [1.165, 1.54) is 38.8 Å². The average molecular weight is 425 g/mol. The van der Waals surface area contributed by atoms with Crippen molar-refractivity contribution in [2.24, 2.45) is 5.41 Å². The molecule has 0 N–H and O–H groups in total. The highest BCUT2D eigenvalue weighted by atomic mass is 16.6. The standard InChI is InChI=1S/C23H40N2O5/c1-2-15-27-17-19-29-21-22-30-20-18-28-16-13-25-11-6-23(7-12-25)4-9-24(10-5-23)8-3-14-26/h1,14H,3-13,15-22H2. The minimum Gasteiger partial charge on any atom is -0.378 e. The fraction of sp³-hybridized carbons (Fsp3) is 0.870. The quantitative estimate of drug-likeness (QED) is 0.211. The van der Waals surface area contributed by atoms with Gasteiger partial charge in [-0.2, -0.15) is 0 Å². The molecule has 2 heterocycles. The molecule has 0 unspecified atom stereocenters. The Morgan fingerprint density at radius 1 is 0.733 bits per heavy atom. The van der Waals surface area contributed by atoms with Gasteiger partial charge in [-0.1, -0.05) is 5.92 Å². The molecule has 2 aliphatic heterocycles. The molecule has 0 aromatic rings. The van der Waals surface area contributed by atoms with E-state index in [1.54, 1.807) is 0 Å². The largest absolute Gasteiger partial charge is 0.378 e. The summed E-state index contributed by atoms with van der Waals surface area (Å²) >= 11 is 0. The van der Waals surface area contributed by atoms with Crippen LogP contribution < -0.4 is 0 Å². The molecule has 0 aromatic heterocycles. The van der Waals surface area contributed by atoms with Crippen molar-refractivity contribution < 1.29 is 23.7 Å². The maximum atomic E-state index is 10.6. The number of ether oxygens (including phenoxy) is 4. The van der Waals surface area contributed by atoms with Crippen LogP contribution in [0.2, 0.25) is 0 Å². The Bertz CT molecular complexity index is 478. The predicted molar refractivity (Wildman–Crippen MR) is 117 cm³/mol. The van der Waals surface area contributed by atoms with Crippen molar-refractivity contribution in [1.82, 2.24) is 9.80 Å². The minimum atomic E-state index is 0.331. The van der Waals surface area contributed by atoms with Gasteiger partial charge in [0.05, 0.1) is 46.2 Å². The van der Waals surface area contributed by atoms with E-state index in [1.807, 2.05) is 0 Å². The predicted octanol–water partition coefficient (Wildman–Crippen LogP) is 1.45. The Balaban J connectivity index is 1.38. The molecule has 0 bridgehead atoms. The molecule has 2 aliphatic rings. The number of likely N-dealkylation sites (tertiary alicyclic amines) is 2. The Morgan fingerprint density at radius 3 is 1.70 bits per heavy atom. The zero-order valence-corrected chi connectivity index (χ0v) is 18.5. The monoisotopic (exact) mass is 424 g/mol.